The van der Waals surface area contributed by atoms with Crippen LogP contribution in [0.2, 0.25) is 0 Å². The standard InChI is InChI=1S/C7H7OS/c1-2-7(9-3-1)4-6-5-8-6/h1-4,6H,5H2. The van der Waals surface area contributed by atoms with Crippen LogP contribution < -0.4 is 0 Å². The molecule has 0 bridgehead atoms. The van der Waals surface area contributed by atoms with Crippen LogP contribution in [0.1, 0.15) is 4.88 Å². The maximum atomic E-state index is 5.03. The van der Waals surface area contributed by atoms with E-state index in [0.29, 0.717) is 6.10 Å². The molecule has 1 radical (unpaired) electrons. The van der Waals surface area contributed by atoms with Gasteiger partial charge in [-0.15, -0.1) is 11.3 Å². The third-order valence-electron chi connectivity index (χ3n) is 1.25. The van der Waals surface area contributed by atoms with Crippen LogP contribution in [-0.2, 0) is 4.74 Å². The van der Waals surface area contributed by atoms with Crippen LogP contribution in [0.5, 0.6) is 0 Å². The van der Waals surface area contributed by atoms with Gasteiger partial charge in [-0.25, -0.2) is 0 Å². The summed E-state index contributed by atoms with van der Waals surface area (Å²) >= 11 is 1.76. The second-order valence-electron chi connectivity index (χ2n) is 2.05. The lowest BCUT2D eigenvalue weighted by atomic mass is 10.3. The fraction of sp³-hybridized carbons (Fsp3) is 0.286. The third-order valence-corrected chi connectivity index (χ3v) is 2.09. The van der Waals surface area contributed by atoms with Crippen LogP contribution in [-0.4, -0.2) is 12.7 Å². The molecule has 1 fully saturated rings. The van der Waals surface area contributed by atoms with Crippen molar-refractivity contribution in [2.75, 3.05) is 6.61 Å². The molecule has 47 valence electrons. The lowest BCUT2D eigenvalue weighted by Crippen LogP contribution is -1.83. The predicted octanol–water partition coefficient (Wildman–Crippen LogP) is 1.70. The van der Waals surface area contributed by atoms with Gasteiger partial charge in [0.05, 0.1) is 12.7 Å². The number of ether oxygens (including phenoxy) is 1. The van der Waals surface area contributed by atoms with Crippen LogP contribution in [0.3, 0.4) is 0 Å². The van der Waals surface area contributed by atoms with Gasteiger partial charge < -0.3 is 4.74 Å². The number of hydrogen-bond donors (Lipinski definition) is 0. The molecular weight excluding hydrogens is 132 g/mol. The maximum absolute atomic E-state index is 5.03. The summed E-state index contributed by atoms with van der Waals surface area (Å²) in [5, 5.41) is 2.08. The molecule has 1 atom stereocenters. The molecule has 2 rings (SSSR count). The van der Waals surface area contributed by atoms with Gasteiger partial charge in [-0.3, -0.25) is 0 Å². The Hall–Kier alpha value is -0.340. The Bertz CT molecular complexity index is 177. The Morgan fingerprint density at radius 1 is 1.78 bits per heavy atom. The van der Waals surface area contributed by atoms with Gasteiger partial charge in [0.1, 0.15) is 0 Å². The maximum Gasteiger partial charge on any atom is 0.0893 e. The molecule has 2 heterocycles. The molecule has 1 aliphatic heterocycles. The monoisotopic (exact) mass is 139 g/mol. The summed E-state index contributed by atoms with van der Waals surface area (Å²) in [4.78, 5) is 1.32. The summed E-state index contributed by atoms with van der Waals surface area (Å²) in [7, 11) is 0. The highest BCUT2D eigenvalue weighted by atomic mass is 32.1. The zero-order valence-corrected chi connectivity index (χ0v) is 5.73. The molecule has 0 saturated carbocycles. The van der Waals surface area contributed by atoms with E-state index in [1.54, 1.807) is 11.3 Å². The summed E-state index contributed by atoms with van der Waals surface area (Å²) in [6.07, 6.45) is 2.58. The van der Waals surface area contributed by atoms with E-state index < -0.39 is 0 Å². The van der Waals surface area contributed by atoms with E-state index in [-0.39, 0.29) is 0 Å². The first-order valence-corrected chi connectivity index (χ1v) is 3.83. The molecule has 1 aliphatic rings. The van der Waals surface area contributed by atoms with Crippen molar-refractivity contribution in [1.82, 2.24) is 0 Å². The number of rotatable bonds is 2. The van der Waals surface area contributed by atoms with Crippen molar-refractivity contribution < 1.29 is 4.74 Å². The normalized spacial score (nSPS) is 24.2. The summed E-state index contributed by atoms with van der Waals surface area (Å²) in [5.74, 6) is 0. The second-order valence-corrected chi connectivity index (χ2v) is 3.03. The van der Waals surface area contributed by atoms with E-state index in [0.717, 1.165) is 6.61 Å². The Morgan fingerprint density at radius 3 is 3.22 bits per heavy atom. The summed E-state index contributed by atoms with van der Waals surface area (Å²) in [6.45, 7) is 0.915. The quantitative estimate of drug-likeness (QED) is 0.568. The Labute approximate surface area is 58.3 Å². The van der Waals surface area contributed by atoms with Gasteiger partial charge in [0.2, 0.25) is 0 Å². The van der Waals surface area contributed by atoms with Gasteiger partial charge in [0, 0.05) is 11.3 Å². The topological polar surface area (TPSA) is 12.5 Å². The Balaban J connectivity index is 1.99. The van der Waals surface area contributed by atoms with Gasteiger partial charge in [-0.2, -0.15) is 0 Å². The van der Waals surface area contributed by atoms with Gasteiger partial charge in [-0.05, 0) is 11.4 Å². The first-order valence-electron chi connectivity index (χ1n) is 2.95. The largest absolute Gasteiger partial charge is 0.372 e. The molecule has 0 N–H and O–H groups in total. The Kier molecular flexibility index (Phi) is 1.28. The molecular formula is C7H7OS. The lowest BCUT2D eigenvalue weighted by Gasteiger charge is -1.85. The minimum atomic E-state index is 0.420. The third kappa shape index (κ3) is 1.32. The van der Waals surface area contributed by atoms with E-state index >= 15 is 0 Å². The molecule has 1 saturated heterocycles. The summed E-state index contributed by atoms with van der Waals surface area (Å²) in [6, 6.07) is 4.16. The second kappa shape index (κ2) is 2.12. The van der Waals surface area contributed by atoms with E-state index in [9.17, 15) is 0 Å². The molecule has 2 heteroatoms. The molecule has 1 nitrogen and oxygen atoms in total. The number of thiophene rings is 1. The average Bonchev–Trinajstić information content (AvgIpc) is 2.46. The van der Waals surface area contributed by atoms with Crippen LogP contribution in [0, 0.1) is 6.42 Å². The van der Waals surface area contributed by atoms with Crippen molar-refractivity contribution in [2.45, 2.75) is 6.10 Å². The van der Waals surface area contributed by atoms with Crippen molar-refractivity contribution in [3.8, 4) is 0 Å². The fourth-order valence-corrected chi connectivity index (χ4v) is 1.42. The van der Waals surface area contributed by atoms with Gasteiger partial charge in [0.25, 0.3) is 0 Å². The summed E-state index contributed by atoms with van der Waals surface area (Å²) in [5.41, 5.74) is 0. The van der Waals surface area contributed by atoms with Crippen LogP contribution in [0.25, 0.3) is 0 Å². The Morgan fingerprint density at radius 2 is 2.67 bits per heavy atom. The van der Waals surface area contributed by atoms with Crippen molar-refractivity contribution in [1.29, 1.82) is 0 Å². The molecule has 0 amide bonds. The number of epoxide rings is 1. The molecule has 1 aromatic rings. The van der Waals surface area contributed by atoms with Crippen LogP contribution in [0.4, 0.5) is 0 Å². The van der Waals surface area contributed by atoms with Crippen LogP contribution in [0.15, 0.2) is 17.5 Å². The molecule has 1 unspecified atom stereocenters. The van der Waals surface area contributed by atoms with E-state index in [1.807, 2.05) is 0 Å². The number of hydrogen-bond acceptors (Lipinski definition) is 2. The molecule has 0 aromatic carbocycles. The average molecular weight is 139 g/mol. The van der Waals surface area contributed by atoms with E-state index in [4.69, 9.17) is 4.74 Å². The smallest absolute Gasteiger partial charge is 0.0893 e. The van der Waals surface area contributed by atoms with Crippen molar-refractivity contribution in [3.63, 3.8) is 0 Å². The lowest BCUT2D eigenvalue weighted by molar-refractivity contribution is 0.432. The first kappa shape index (κ1) is 5.45. The van der Waals surface area contributed by atoms with Gasteiger partial charge in [0.15, 0.2) is 0 Å². The van der Waals surface area contributed by atoms with Gasteiger partial charge in [-0.1, -0.05) is 6.07 Å². The first-order chi connectivity index (χ1) is 4.45. The van der Waals surface area contributed by atoms with Crippen molar-refractivity contribution in [2.24, 2.45) is 0 Å². The van der Waals surface area contributed by atoms with Crippen LogP contribution >= 0.6 is 11.3 Å². The van der Waals surface area contributed by atoms with E-state index in [1.165, 1.54) is 4.88 Å². The van der Waals surface area contributed by atoms with Crippen molar-refractivity contribution in [3.05, 3.63) is 28.8 Å². The minimum Gasteiger partial charge on any atom is -0.372 e. The summed E-state index contributed by atoms with van der Waals surface area (Å²) < 4.78 is 5.03. The minimum absolute atomic E-state index is 0.420. The predicted molar refractivity (Wildman–Crippen MR) is 37.5 cm³/mol. The zero-order valence-electron chi connectivity index (χ0n) is 4.91. The SMILES string of the molecule is [CH](c1cccs1)C1CO1. The molecule has 9 heavy (non-hydrogen) atoms. The molecule has 0 aliphatic carbocycles. The van der Waals surface area contributed by atoms with Crippen molar-refractivity contribution >= 4 is 11.3 Å². The molecule has 0 spiro atoms. The highest BCUT2D eigenvalue weighted by molar-refractivity contribution is 7.10. The highest BCUT2D eigenvalue weighted by Crippen LogP contribution is 2.21. The zero-order chi connectivity index (χ0) is 6.10. The van der Waals surface area contributed by atoms with E-state index in [2.05, 4.69) is 23.9 Å². The highest BCUT2D eigenvalue weighted by Gasteiger charge is 2.22. The fourth-order valence-electron chi connectivity index (χ4n) is 0.721. The van der Waals surface area contributed by atoms with Gasteiger partial charge >= 0.3 is 0 Å². The molecule has 1 aromatic heterocycles.